The van der Waals surface area contributed by atoms with Gasteiger partial charge in [-0.1, -0.05) is 5.92 Å². The van der Waals surface area contributed by atoms with E-state index in [1.165, 1.54) is 0 Å². The van der Waals surface area contributed by atoms with Crippen LogP contribution in [0.15, 0.2) is 12.3 Å². The highest BCUT2D eigenvalue weighted by Crippen LogP contribution is 2.40. The summed E-state index contributed by atoms with van der Waals surface area (Å²) in [5.74, 6) is 2.61. The lowest BCUT2D eigenvalue weighted by Gasteiger charge is -2.26. The van der Waals surface area contributed by atoms with E-state index in [0.717, 1.165) is 0 Å². The summed E-state index contributed by atoms with van der Waals surface area (Å²) in [5.41, 5.74) is 4.79. The number of halogens is 1. The van der Waals surface area contributed by atoms with Crippen LogP contribution in [-0.2, 0) is 14.2 Å². The molecule has 1 saturated heterocycles. The molecule has 3 atom stereocenters. The van der Waals surface area contributed by atoms with E-state index in [9.17, 15) is 9.90 Å². The van der Waals surface area contributed by atoms with E-state index < -0.39 is 30.7 Å². The molecule has 138 valence electrons. The summed E-state index contributed by atoms with van der Waals surface area (Å²) in [5, 5.41) is 10.3. The van der Waals surface area contributed by atoms with Gasteiger partial charge in [0.15, 0.2) is 11.7 Å². The zero-order chi connectivity index (χ0) is 18.9. The monoisotopic (exact) mass is 380 g/mol. The molecular formula is C16H17ClN4O5. The summed E-state index contributed by atoms with van der Waals surface area (Å²) < 4.78 is 17.6. The average molecular weight is 381 g/mol. The van der Waals surface area contributed by atoms with Gasteiger partial charge >= 0.3 is 6.16 Å². The molecule has 3 heterocycles. The Hall–Kier alpha value is -2.54. The van der Waals surface area contributed by atoms with E-state index in [1.807, 2.05) is 0 Å². The number of aliphatic hydroxyl groups excluding tert-OH is 1. The predicted octanol–water partition coefficient (Wildman–Crippen LogP) is 1.49. The molecule has 2 aromatic rings. The second-order valence-electron chi connectivity index (χ2n) is 5.63. The van der Waals surface area contributed by atoms with Crippen LogP contribution < -0.4 is 5.73 Å². The number of carbonyl (C=O) groups is 1. The normalized spacial score (nSPS) is 25.2. The molecule has 10 heteroatoms. The molecule has 0 saturated carbocycles. The number of aromatic nitrogens is 3. The van der Waals surface area contributed by atoms with Gasteiger partial charge in [0.25, 0.3) is 0 Å². The van der Waals surface area contributed by atoms with Gasteiger partial charge in [0.05, 0.1) is 18.6 Å². The Labute approximate surface area is 154 Å². The van der Waals surface area contributed by atoms with E-state index in [4.69, 9.17) is 38.0 Å². The van der Waals surface area contributed by atoms with Gasteiger partial charge in [0, 0.05) is 12.6 Å². The molecule has 26 heavy (non-hydrogen) atoms. The number of ether oxygens (including phenoxy) is 3. The third-order valence-corrected chi connectivity index (χ3v) is 4.32. The number of anilines is 1. The number of nitrogen functional groups attached to an aromatic ring is 1. The molecule has 0 radical (unpaired) electrons. The van der Waals surface area contributed by atoms with Crippen LogP contribution in [0, 0.1) is 12.3 Å². The van der Waals surface area contributed by atoms with Gasteiger partial charge < -0.3 is 29.6 Å². The molecule has 1 aliphatic rings. The molecule has 0 aromatic carbocycles. The van der Waals surface area contributed by atoms with E-state index in [2.05, 4.69) is 15.9 Å². The van der Waals surface area contributed by atoms with Crippen molar-refractivity contribution in [2.24, 2.45) is 0 Å². The van der Waals surface area contributed by atoms with Gasteiger partial charge in [-0.25, -0.2) is 9.78 Å². The molecule has 0 unspecified atom stereocenters. The SMILES string of the molecule is C#C[C@]1(CO)O[C@@H](n2ccc3c(N)nc(Cl)nc32)C[C@@H]1OC(=O)OCC. The molecule has 0 aliphatic carbocycles. The lowest BCUT2D eigenvalue weighted by atomic mass is 9.99. The minimum absolute atomic E-state index is 0.0161. The molecule has 1 aliphatic heterocycles. The van der Waals surface area contributed by atoms with Gasteiger partial charge in [-0.15, -0.1) is 6.42 Å². The van der Waals surface area contributed by atoms with Crippen LogP contribution in [-0.4, -0.2) is 50.7 Å². The van der Waals surface area contributed by atoms with Gasteiger partial charge in [-0.2, -0.15) is 4.98 Å². The minimum Gasteiger partial charge on any atom is -0.435 e. The zero-order valence-corrected chi connectivity index (χ0v) is 14.6. The number of rotatable bonds is 4. The van der Waals surface area contributed by atoms with E-state index in [0.29, 0.717) is 11.0 Å². The summed E-state index contributed by atoms with van der Waals surface area (Å²) in [4.78, 5) is 19.8. The second kappa shape index (κ2) is 6.99. The van der Waals surface area contributed by atoms with Crippen LogP contribution in [0.25, 0.3) is 11.0 Å². The molecule has 3 N–H and O–H groups in total. The first kappa shape index (κ1) is 18.3. The van der Waals surface area contributed by atoms with Crippen LogP contribution in [0.2, 0.25) is 5.28 Å². The maximum atomic E-state index is 11.7. The fourth-order valence-corrected chi connectivity index (χ4v) is 3.07. The van der Waals surface area contributed by atoms with Crippen LogP contribution in [0.4, 0.5) is 10.6 Å². The average Bonchev–Trinajstić information content (AvgIpc) is 3.17. The Kier molecular flexibility index (Phi) is 4.91. The van der Waals surface area contributed by atoms with Crippen molar-refractivity contribution in [2.45, 2.75) is 31.3 Å². The summed E-state index contributed by atoms with van der Waals surface area (Å²) in [6.45, 7) is 1.26. The lowest BCUT2D eigenvalue weighted by Crippen LogP contribution is -2.44. The minimum atomic E-state index is -1.50. The van der Waals surface area contributed by atoms with Gasteiger partial charge in [0.2, 0.25) is 5.28 Å². The first-order valence-electron chi connectivity index (χ1n) is 7.83. The van der Waals surface area contributed by atoms with Crippen molar-refractivity contribution in [1.29, 1.82) is 0 Å². The third-order valence-electron chi connectivity index (χ3n) is 4.15. The van der Waals surface area contributed by atoms with Crippen LogP contribution in [0.5, 0.6) is 0 Å². The molecule has 3 rings (SSSR count). The van der Waals surface area contributed by atoms with Crippen molar-refractivity contribution in [3.63, 3.8) is 0 Å². The van der Waals surface area contributed by atoms with E-state index >= 15 is 0 Å². The highest BCUT2D eigenvalue weighted by molar-refractivity contribution is 6.28. The van der Waals surface area contributed by atoms with Crippen LogP contribution >= 0.6 is 11.6 Å². The molecule has 2 aromatic heterocycles. The van der Waals surface area contributed by atoms with Crippen molar-refractivity contribution in [2.75, 3.05) is 18.9 Å². The van der Waals surface area contributed by atoms with Crippen LogP contribution in [0.1, 0.15) is 19.6 Å². The molecule has 0 bridgehead atoms. The van der Waals surface area contributed by atoms with E-state index in [-0.39, 0.29) is 24.1 Å². The predicted molar refractivity (Wildman–Crippen MR) is 92.2 cm³/mol. The van der Waals surface area contributed by atoms with Gasteiger partial charge in [0.1, 0.15) is 17.7 Å². The topological polar surface area (TPSA) is 122 Å². The van der Waals surface area contributed by atoms with Crippen molar-refractivity contribution < 1.29 is 24.1 Å². The Bertz CT molecular complexity index is 879. The molecule has 9 nitrogen and oxygen atoms in total. The van der Waals surface area contributed by atoms with Gasteiger partial charge in [-0.3, -0.25) is 0 Å². The number of carbonyl (C=O) groups excluding carboxylic acids is 1. The Morgan fingerprint density at radius 2 is 2.42 bits per heavy atom. The van der Waals surface area contributed by atoms with Crippen molar-refractivity contribution in [3.05, 3.63) is 17.5 Å². The summed E-state index contributed by atoms with van der Waals surface area (Å²) >= 11 is 5.89. The first-order valence-corrected chi connectivity index (χ1v) is 8.21. The lowest BCUT2D eigenvalue weighted by molar-refractivity contribution is -0.0972. The number of fused-ring (bicyclic) bond motifs is 1. The summed E-state index contributed by atoms with van der Waals surface area (Å²) in [7, 11) is 0. The zero-order valence-electron chi connectivity index (χ0n) is 13.9. The Balaban J connectivity index is 1.95. The maximum absolute atomic E-state index is 11.7. The van der Waals surface area contributed by atoms with Crippen molar-refractivity contribution in [1.82, 2.24) is 14.5 Å². The second-order valence-corrected chi connectivity index (χ2v) is 5.97. The Morgan fingerprint density at radius 3 is 3.08 bits per heavy atom. The standard InChI is InChI=1S/C16H17ClN4O5/c1-3-16(8-22)10(25-15(23)24-4-2)7-11(26-16)21-6-5-9-12(18)19-14(17)20-13(9)21/h1,5-6,10-11,22H,4,7-8H2,2H3,(H2,18,19,20)/t10-,11+,16+/m0/s1. The number of terminal acetylenes is 1. The largest absolute Gasteiger partial charge is 0.508 e. The van der Waals surface area contributed by atoms with Crippen molar-refractivity contribution >= 4 is 34.6 Å². The first-order chi connectivity index (χ1) is 12.4. The van der Waals surface area contributed by atoms with Gasteiger partial charge in [-0.05, 0) is 24.6 Å². The summed E-state index contributed by atoms with van der Waals surface area (Å²) in [6, 6.07) is 1.71. The quantitative estimate of drug-likeness (QED) is 0.464. The maximum Gasteiger partial charge on any atom is 0.508 e. The molecule has 0 amide bonds. The molecular weight excluding hydrogens is 364 g/mol. The smallest absolute Gasteiger partial charge is 0.435 e. The third kappa shape index (κ3) is 3.03. The highest BCUT2D eigenvalue weighted by atomic mass is 35.5. The number of hydrogen-bond donors (Lipinski definition) is 2. The Morgan fingerprint density at radius 1 is 1.65 bits per heavy atom. The number of hydrogen-bond acceptors (Lipinski definition) is 8. The highest BCUT2D eigenvalue weighted by Gasteiger charge is 2.51. The van der Waals surface area contributed by atoms with Crippen LogP contribution in [0.3, 0.4) is 0 Å². The number of nitrogens with zero attached hydrogens (tertiary/aromatic N) is 3. The van der Waals surface area contributed by atoms with Crippen molar-refractivity contribution in [3.8, 4) is 12.3 Å². The fourth-order valence-electron chi connectivity index (χ4n) is 2.89. The molecule has 0 spiro atoms. The van der Waals surface area contributed by atoms with E-state index in [1.54, 1.807) is 23.8 Å². The molecule has 1 fully saturated rings. The number of aliphatic hydroxyl groups is 1. The fraction of sp³-hybridized carbons (Fsp3) is 0.438. The summed E-state index contributed by atoms with van der Waals surface area (Å²) in [6.07, 6.45) is 4.95. The number of nitrogens with two attached hydrogens (primary N) is 1.